The molecule has 0 radical (unpaired) electrons. The molecule has 0 bridgehead atoms. The molecule has 1 aliphatic heterocycles. The lowest BCUT2D eigenvalue weighted by Crippen LogP contribution is -2.31. The second kappa shape index (κ2) is 10.7. The van der Waals surface area contributed by atoms with E-state index in [2.05, 4.69) is 4.90 Å². The van der Waals surface area contributed by atoms with Crippen molar-refractivity contribution >= 4 is 21.4 Å². The van der Waals surface area contributed by atoms with Crippen LogP contribution >= 0.6 is 11.3 Å². The number of aliphatic hydroxyl groups excluding tert-OH is 1. The molecule has 35 heavy (non-hydrogen) atoms. The minimum atomic E-state index is -0.842. The van der Waals surface area contributed by atoms with E-state index in [0.29, 0.717) is 6.61 Å². The van der Waals surface area contributed by atoms with Crippen LogP contribution in [-0.2, 0) is 0 Å². The van der Waals surface area contributed by atoms with Gasteiger partial charge in [-0.15, -0.1) is 11.3 Å². The first-order chi connectivity index (χ1) is 17.1. The summed E-state index contributed by atoms with van der Waals surface area (Å²) >= 11 is 1.52. The lowest BCUT2D eigenvalue weighted by atomic mass is 9.96. The van der Waals surface area contributed by atoms with E-state index in [1.54, 1.807) is 24.3 Å². The van der Waals surface area contributed by atoms with Gasteiger partial charge in [0, 0.05) is 21.7 Å². The minimum Gasteiger partial charge on any atom is -0.508 e. The van der Waals surface area contributed by atoms with Crippen LogP contribution in [0.25, 0.3) is 20.5 Å². The molecule has 4 aromatic rings. The summed E-state index contributed by atoms with van der Waals surface area (Å²) < 4.78 is 6.85. The molecule has 3 aromatic carbocycles. The largest absolute Gasteiger partial charge is 0.508 e. The van der Waals surface area contributed by atoms with Gasteiger partial charge in [-0.2, -0.15) is 0 Å². The van der Waals surface area contributed by atoms with Crippen LogP contribution in [0.15, 0.2) is 66.7 Å². The zero-order valence-corrected chi connectivity index (χ0v) is 20.5. The Morgan fingerprint density at radius 2 is 1.57 bits per heavy atom. The molecule has 3 N–H and O–H groups in total. The van der Waals surface area contributed by atoms with E-state index < -0.39 is 6.10 Å². The first kappa shape index (κ1) is 23.7. The highest BCUT2D eigenvalue weighted by Crippen LogP contribution is 2.45. The molecule has 0 saturated carbocycles. The SMILES string of the molecule is Oc1ccc(-c2sc3cc(O)ccc3c2C(O)c2ccc(OCCCN3CCCCC3)cc2)cc1. The Balaban J connectivity index is 1.33. The molecule has 1 unspecified atom stereocenters. The number of ether oxygens (including phenoxy) is 1. The molecule has 5 rings (SSSR count). The van der Waals surface area contributed by atoms with Crippen LogP contribution in [0.2, 0.25) is 0 Å². The lowest BCUT2D eigenvalue weighted by Gasteiger charge is -2.26. The summed E-state index contributed by atoms with van der Waals surface area (Å²) in [6, 6.07) is 19.9. The number of benzene rings is 3. The van der Waals surface area contributed by atoms with E-state index >= 15 is 0 Å². The van der Waals surface area contributed by atoms with Gasteiger partial charge in [0.05, 0.1) is 6.61 Å². The Bertz CT molecular complexity index is 1260. The van der Waals surface area contributed by atoms with Crippen LogP contribution < -0.4 is 4.74 Å². The van der Waals surface area contributed by atoms with E-state index in [1.165, 1.54) is 43.7 Å². The van der Waals surface area contributed by atoms with E-state index in [0.717, 1.165) is 50.4 Å². The Hall–Kier alpha value is -3.06. The Morgan fingerprint density at radius 1 is 0.857 bits per heavy atom. The maximum Gasteiger partial charge on any atom is 0.119 e. The summed E-state index contributed by atoms with van der Waals surface area (Å²) in [6.07, 6.45) is 4.13. The van der Waals surface area contributed by atoms with E-state index in [-0.39, 0.29) is 11.5 Å². The highest BCUT2D eigenvalue weighted by molar-refractivity contribution is 7.22. The van der Waals surface area contributed by atoms with Crippen molar-refractivity contribution in [2.45, 2.75) is 31.8 Å². The fraction of sp³-hybridized carbons (Fsp3) is 0.310. The molecule has 1 saturated heterocycles. The van der Waals surface area contributed by atoms with Crippen molar-refractivity contribution in [3.8, 4) is 27.7 Å². The monoisotopic (exact) mass is 489 g/mol. The molecule has 1 aromatic heterocycles. The van der Waals surface area contributed by atoms with Crippen LogP contribution in [0.5, 0.6) is 17.2 Å². The molecule has 0 amide bonds. The lowest BCUT2D eigenvalue weighted by molar-refractivity contribution is 0.204. The Labute approximate surface area is 209 Å². The first-order valence-corrected chi connectivity index (χ1v) is 13.1. The normalized spacial score (nSPS) is 15.3. The molecule has 182 valence electrons. The summed E-state index contributed by atoms with van der Waals surface area (Å²) in [4.78, 5) is 3.43. The van der Waals surface area contributed by atoms with E-state index in [4.69, 9.17) is 4.74 Å². The summed E-state index contributed by atoms with van der Waals surface area (Å²) in [6.45, 7) is 4.17. The zero-order valence-electron chi connectivity index (χ0n) is 19.7. The van der Waals surface area contributed by atoms with Crippen LogP contribution in [0.1, 0.15) is 42.9 Å². The number of phenols is 2. The van der Waals surface area contributed by atoms with Crippen molar-refractivity contribution in [3.05, 3.63) is 77.9 Å². The second-order valence-electron chi connectivity index (χ2n) is 9.15. The average Bonchev–Trinajstić information content (AvgIpc) is 3.26. The smallest absolute Gasteiger partial charge is 0.119 e. The van der Waals surface area contributed by atoms with Gasteiger partial charge in [0.25, 0.3) is 0 Å². The van der Waals surface area contributed by atoms with E-state index in [9.17, 15) is 15.3 Å². The Morgan fingerprint density at radius 3 is 2.31 bits per heavy atom. The molecule has 5 nitrogen and oxygen atoms in total. The molecule has 0 aliphatic carbocycles. The zero-order chi connectivity index (χ0) is 24.2. The maximum absolute atomic E-state index is 11.4. The first-order valence-electron chi connectivity index (χ1n) is 12.3. The van der Waals surface area contributed by atoms with Gasteiger partial charge in [-0.3, -0.25) is 0 Å². The van der Waals surface area contributed by atoms with Crippen LogP contribution in [0, 0.1) is 0 Å². The number of piperidine rings is 1. The third kappa shape index (κ3) is 5.45. The molecule has 1 aliphatic rings. The van der Waals surface area contributed by atoms with Crippen LogP contribution in [-0.4, -0.2) is 46.5 Å². The van der Waals surface area contributed by atoms with Crippen LogP contribution in [0.4, 0.5) is 0 Å². The van der Waals surface area contributed by atoms with Gasteiger partial charge in [-0.1, -0.05) is 18.6 Å². The quantitative estimate of drug-likeness (QED) is 0.253. The van der Waals surface area contributed by atoms with Crippen molar-refractivity contribution in [3.63, 3.8) is 0 Å². The number of fused-ring (bicyclic) bond motifs is 1. The van der Waals surface area contributed by atoms with Crippen LogP contribution in [0.3, 0.4) is 0 Å². The van der Waals surface area contributed by atoms with Gasteiger partial charge in [0.2, 0.25) is 0 Å². The number of nitrogens with zero attached hydrogens (tertiary/aromatic N) is 1. The number of hydrogen-bond acceptors (Lipinski definition) is 6. The predicted molar refractivity (Wildman–Crippen MR) is 141 cm³/mol. The summed E-state index contributed by atoms with van der Waals surface area (Å²) in [5.41, 5.74) is 2.48. The third-order valence-corrected chi connectivity index (χ3v) is 7.86. The van der Waals surface area contributed by atoms with E-state index in [1.807, 2.05) is 42.5 Å². The van der Waals surface area contributed by atoms with Crippen molar-refractivity contribution in [1.29, 1.82) is 0 Å². The molecule has 6 heteroatoms. The van der Waals surface area contributed by atoms with Gasteiger partial charge in [-0.25, -0.2) is 0 Å². The highest BCUT2D eigenvalue weighted by atomic mass is 32.1. The van der Waals surface area contributed by atoms with Crippen molar-refractivity contribution in [2.75, 3.05) is 26.2 Å². The number of likely N-dealkylation sites (tertiary alicyclic amines) is 1. The van der Waals surface area contributed by atoms with Crippen molar-refractivity contribution in [1.82, 2.24) is 4.90 Å². The number of aliphatic hydroxyl groups is 1. The number of rotatable bonds is 8. The average molecular weight is 490 g/mol. The standard InChI is InChI=1S/C29H31NO4S/c31-22-9-5-21(6-10-22)29-27(25-14-11-23(32)19-26(25)35-29)28(33)20-7-12-24(13-8-20)34-18-4-17-30-15-2-1-3-16-30/h5-14,19,28,31-33H,1-4,15-18H2. The molecular weight excluding hydrogens is 458 g/mol. The van der Waals surface area contributed by atoms with Gasteiger partial charge in [-0.05, 0) is 103 Å². The Kier molecular flexibility index (Phi) is 7.23. The second-order valence-corrected chi connectivity index (χ2v) is 10.2. The number of aromatic hydroxyl groups is 2. The van der Waals surface area contributed by atoms with Crippen molar-refractivity contribution < 1.29 is 20.1 Å². The van der Waals surface area contributed by atoms with Gasteiger partial charge >= 0.3 is 0 Å². The predicted octanol–water partition coefficient (Wildman–Crippen LogP) is 6.32. The summed E-state index contributed by atoms with van der Waals surface area (Å²) in [5, 5.41) is 32.0. The fourth-order valence-electron chi connectivity index (χ4n) is 4.78. The molecule has 2 heterocycles. The number of thiophene rings is 1. The number of hydrogen-bond donors (Lipinski definition) is 3. The summed E-state index contributed by atoms with van der Waals surface area (Å²) in [5.74, 6) is 1.19. The molecule has 1 atom stereocenters. The molecule has 0 spiro atoms. The molecular formula is C29H31NO4S. The highest BCUT2D eigenvalue weighted by Gasteiger charge is 2.22. The number of phenolic OH excluding ortho intramolecular Hbond substituents is 2. The third-order valence-electron chi connectivity index (χ3n) is 6.65. The minimum absolute atomic E-state index is 0.193. The van der Waals surface area contributed by atoms with Gasteiger partial charge in [0.15, 0.2) is 0 Å². The van der Waals surface area contributed by atoms with Crippen molar-refractivity contribution in [2.24, 2.45) is 0 Å². The maximum atomic E-state index is 11.4. The topological polar surface area (TPSA) is 73.2 Å². The van der Waals surface area contributed by atoms with Gasteiger partial charge < -0.3 is 25.0 Å². The van der Waals surface area contributed by atoms with Gasteiger partial charge in [0.1, 0.15) is 23.4 Å². The molecule has 1 fully saturated rings. The fourth-order valence-corrected chi connectivity index (χ4v) is 6.05. The summed E-state index contributed by atoms with van der Waals surface area (Å²) in [7, 11) is 0.